The molecule has 1 aliphatic rings. The van der Waals surface area contributed by atoms with Gasteiger partial charge in [0.25, 0.3) is 5.91 Å². The Bertz CT molecular complexity index is 729. The maximum Gasteiger partial charge on any atom is 0.274 e. The Morgan fingerprint density at radius 1 is 1.30 bits per heavy atom. The number of piperidine rings is 1. The summed E-state index contributed by atoms with van der Waals surface area (Å²) < 4.78 is 1.76. The van der Waals surface area contributed by atoms with Crippen molar-refractivity contribution in [2.45, 2.75) is 33.1 Å². The van der Waals surface area contributed by atoms with E-state index in [0.717, 1.165) is 25.9 Å². The van der Waals surface area contributed by atoms with Gasteiger partial charge in [0.15, 0.2) is 0 Å². The van der Waals surface area contributed by atoms with Crippen LogP contribution in [0.2, 0.25) is 0 Å². The van der Waals surface area contributed by atoms with Crippen molar-refractivity contribution in [1.82, 2.24) is 14.3 Å². The van der Waals surface area contributed by atoms with E-state index in [4.69, 9.17) is 0 Å². The van der Waals surface area contributed by atoms with E-state index in [0.29, 0.717) is 29.5 Å². The van der Waals surface area contributed by atoms with E-state index in [-0.39, 0.29) is 11.8 Å². The predicted octanol–water partition coefficient (Wildman–Crippen LogP) is 2.55. The second kappa shape index (κ2) is 6.40. The zero-order valence-corrected chi connectivity index (χ0v) is 13.6. The number of pyridine rings is 1. The third-order valence-corrected chi connectivity index (χ3v) is 4.37. The zero-order chi connectivity index (χ0) is 16.4. The first-order valence-corrected chi connectivity index (χ1v) is 8.15. The van der Waals surface area contributed by atoms with Crippen LogP contribution in [0.1, 0.15) is 43.6 Å². The van der Waals surface area contributed by atoms with Crippen molar-refractivity contribution >= 4 is 23.3 Å². The molecule has 3 heterocycles. The topological polar surface area (TPSA) is 66.7 Å². The molecule has 0 aromatic carbocycles. The van der Waals surface area contributed by atoms with E-state index in [1.54, 1.807) is 23.6 Å². The molecule has 0 radical (unpaired) electrons. The van der Waals surface area contributed by atoms with E-state index in [2.05, 4.69) is 17.2 Å². The summed E-state index contributed by atoms with van der Waals surface area (Å²) in [5, 5.41) is 2.83. The van der Waals surface area contributed by atoms with Gasteiger partial charge in [-0.1, -0.05) is 19.9 Å². The molecule has 122 valence electrons. The lowest BCUT2D eigenvalue weighted by molar-refractivity contribution is -0.115. The standard InChI is InChI=1S/C17H22N4O2/c1-3-16(22)19-15-6-4-5-14-18-13(11-21(14)15)17(23)20-9-7-12(2)8-10-20/h4-6,11-12H,3,7-10H2,1-2H3,(H,19,22). The van der Waals surface area contributed by atoms with Crippen molar-refractivity contribution in [3.05, 3.63) is 30.1 Å². The molecule has 0 unspecified atom stereocenters. The normalized spacial score (nSPS) is 15.8. The highest BCUT2D eigenvalue weighted by atomic mass is 16.2. The van der Waals surface area contributed by atoms with E-state index in [1.165, 1.54) is 0 Å². The lowest BCUT2D eigenvalue weighted by Gasteiger charge is -2.29. The van der Waals surface area contributed by atoms with Gasteiger partial charge in [0.2, 0.25) is 5.91 Å². The highest BCUT2D eigenvalue weighted by Crippen LogP contribution is 2.19. The van der Waals surface area contributed by atoms with E-state index in [1.807, 2.05) is 17.0 Å². The molecule has 23 heavy (non-hydrogen) atoms. The van der Waals surface area contributed by atoms with Crippen LogP contribution in [-0.4, -0.2) is 39.2 Å². The van der Waals surface area contributed by atoms with Crippen molar-refractivity contribution in [2.24, 2.45) is 5.92 Å². The van der Waals surface area contributed by atoms with Gasteiger partial charge in [-0.3, -0.25) is 14.0 Å². The average Bonchev–Trinajstić information content (AvgIpc) is 3.00. The van der Waals surface area contributed by atoms with Gasteiger partial charge in [-0.25, -0.2) is 4.98 Å². The van der Waals surface area contributed by atoms with Crippen LogP contribution in [0.25, 0.3) is 5.65 Å². The van der Waals surface area contributed by atoms with Gasteiger partial charge in [-0.05, 0) is 30.9 Å². The molecule has 2 aromatic rings. The molecule has 0 atom stereocenters. The van der Waals surface area contributed by atoms with Gasteiger partial charge in [0, 0.05) is 25.7 Å². The summed E-state index contributed by atoms with van der Waals surface area (Å²) in [5.74, 6) is 1.21. The molecule has 0 bridgehead atoms. The number of rotatable bonds is 3. The number of anilines is 1. The fourth-order valence-corrected chi connectivity index (χ4v) is 2.82. The lowest BCUT2D eigenvalue weighted by atomic mass is 9.99. The number of nitrogens with one attached hydrogen (secondary N) is 1. The summed E-state index contributed by atoms with van der Waals surface area (Å²) in [5.41, 5.74) is 1.09. The van der Waals surface area contributed by atoms with E-state index >= 15 is 0 Å². The molecule has 1 fully saturated rings. The molecule has 0 aliphatic carbocycles. The summed E-state index contributed by atoms with van der Waals surface area (Å²) >= 11 is 0. The maximum atomic E-state index is 12.6. The first-order chi connectivity index (χ1) is 11.1. The number of hydrogen-bond acceptors (Lipinski definition) is 3. The summed E-state index contributed by atoms with van der Waals surface area (Å²) in [7, 11) is 0. The summed E-state index contributed by atoms with van der Waals surface area (Å²) in [4.78, 5) is 30.5. The summed E-state index contributed by atoms with van der Waals surface area (Å²) in [6.07, 6.45) is 4.19. The first-order valence-electron chi connectivity index (χ1n) is 8.15. The highest BCUT2D eigenvalue weighted by Gasteiger charge is 2.23. The fraction of sp³-hybridized carbons (Fsp3) is 0.471. The molecule has 1 saturated heterocycles. The monoisotopic (exact) mass is 314 g/mol. The van der Waals surface area contributed by atoms with Crippen LogP contribution < -0.4 is 5.32 Å². The smallest absolute Gasteiger partial charge is 0.274 e. The van der Waals surface area contributed by atoms with E-state index < -0.39 is 0 Å². The molecule has 6 nitrogen and oxygen atoms in total. The van der Waals surface area contributed by atoms with E-state index in [9.17, 15) is 9.59 Å². The second-order valence-electron chi connectivity index (χ2n) is 6.14. The molecule has 2 amide bonds. The van der Waals surface area contributed by atoms with Crippen LogP contribution in [0, 0.1) is 5.92 Å². The zero-order valence-electron chi connectivity index (χ0n) is 13.6. The molecular formula is C17H22N4O2. The number of imidazole rings is 1. The van der Waals surface area contributed by atoms with Crippen molar-refractivity contribution in [2.75, 3.05) is 18.4 Å². The minimum Gasteiger partial charge on any atom is -0.337 e. The average molecular weight is 314 g/mol. The van der Waals surface area contributed by atoms with Crippen molar-refractivity contribution in [1.29, 1.82) is 0 Å². The Morgan fingerprint density at radius 2 is 2.04 bits per heavy atom. The second-order valence-corrected chi connectivity index (χ2v) is 6.14. The number of amides is 2. The third kappa shape index (κ3) is 3.21. The Hall–Kier alpha value is -2.37. The van der Waals surface area contributed by atoms with Crippen molar-refractivity contribution in [3.8, 4) is 0 Å². The maximum absolute atomic E-state index is 12.6. The molecule has 6 heteroatoms. The van der Waals surface area contributed by atoms with Gasteiger partial charge in [-0.15, -0.1) is 0 Å². The van der Waals surface area contributed by atoms with Crippen LogP contribution in [0.4, 0.5) is 5.82 Å². The lowest BCUT2D eigenvalue weighted by Crippen LogP contribution is -2.38. The number of nitrogens with zero attached hydrogens (tertiary/aromatic N) is 3. The molecule has 0 spiro atoms. The van der Waals surface area contributed by atoms with Crippen LogP contribution in [0.3, 0.4) is 0 Å². The Kier molecular flexibility index (Phi) is 4.32. The third-order valence-electron chi connectivity index (χ3n) is 4.37. The molecule has 3 rings (SSSR count). The minimum atomic E-state index is -0.0657. The van der Waals surface area contributed by atoms with Crippen LogP contribution in [-0.2, 0) is 4.79 Å². The first kappa shape index (κ1) is 15.5. The predicted molar refractivity (Wildman–Crippen MR) is 88.4 cm³/mol. The van der Waals surface area contributed by atoms with Crippen LogP contribution in [0.5, 0.6) is 0 Å². The number of hydrogen-bond donors (Lipinski definition) is 1. The van der Waals surface area contributed by atoms with Gasteiger partial charge in [0.05, 0.1) is 0 Å². The molecular weight excluding hydrogens is 292 g/mol. The number of carbonyl (C=O) groups is 2. The minimum absolute atomic E-state index is 0.0339. The SMILES string of the molecule is CCC(=O)Nc1cccc2nc(C(=O)N3CCC(C)CC3)cn12. The Balaban J connectivity index is 1.86. The quantitative estimate of drug-likeness (QED) is 0.947. The summed E-state index contributed by atoms with van der Waals surface area (Å²) in [6.45, 7) is 5.59. The largest absolute Gasteiger partial charge is 0.337 e. The van der Waals surface area contributed by atoms with Crippen molar-refractivity contribution in [3.63, 3.8) is 0 Å². The van der Waals surface area contributed by atoms with Gasteiger partial charge in [-0.2, -0.15) is 0 Å². The summed E-state index contributed by atoms with van der Waals surface area (Å²) in [6, 6.07) is 5.46. The molecule has 2 aromatic heterocycles. The molecule has 0 saturated carbocycles. The Labute approximate surface area is 135 Å². The fourth-order valence-electron chi connectivity index (χ4n) is 2.82. The van der Waals surface area contributed by atoms with Crippen LogP contribution >= 0.6 is 0 Å². The Morgan fingerprint density at radius 3 is 2.74 bits per heavy atom. The number of carbonyl (C=O) groups excluding carboxylic acids is 2. The highest BCUT2D eigenvalue weighted by molar-refractivity contribution is 5.94. The number of aromatic nitrogens is 2. The molecule has 1 aliphatic heterocycles. The molecule has 1 N–H and O–H groups in total. The number of fused-ring (bicyclic) bond motifs is 1. The van der Waals surface area contributed by atoms with Crippen molar-refractivity contribution < 1.29 is 9.59 Å². The number of likely N-dealkylation sites (tertiary alicyclic amines) is 1. The van der Waals surface area contributed by atoms with Crippen LogP contribution in [0.15, 0.2) is 24.4 Å². The van der Waals surface area contributed by atoms with Gasteiger partial charge < -0.3 is 10.2 Å². The van der Waals surface area contributed by atoms with Gasteiger partial charge in [0.1, 0.15) is 17.2 Å². The van der Waals surface area contributed by atoms with Gasteiger partial charge >= 0.3 is 0 Å².